The van der Waals surface area contributed by atoms with Gasteiger partial charge in [0.25, 0.3) is 0 Å². The second kappa shape index (κ2) is 6.13. The third-order valence-corrected chi connectivity index (χ3v) is 3.08. The Kier molecular flexibility index (Phi) is 5.12. The maximum atomic E-state index is 11.2. The largest absolute Gasteiger partial charge is 0.324 e. The zero-order valence-corrected chi connectivity index (χ0v) is 10.9. The van der Waals surface area contributed by atoms with Gasteiger partial charge in [0.2, 0.25) is 5.91 Å². The molecule has 88 valence electrons. The molecule has 3 nitrogen and oxygen atoms in total. The molecule has 5 heteroatoms. The Labute approximate surface area is 105 Å². The summed E-state index contributed by atoms with van der Waals surface area (Å²) in [5, 5.41) is 3.77. The van der Waals surface area contributed by atoms with Crippen molar-refractivity contribution < 1.29 is 4.79 Å². The van der Waals surface area contributed by atoms with E-state index in [0.29, 0.717) is 10.3 Å². The molecule has 0 heterocycles. The van der Waals surface area contributed by atoms with Crippen molar-refractivity contribution in [3.8, 4) is 0 Å². The highest BCUT2D eigenvalue weighted by Crippen LogP contribution is 2.32. The molecule has 3 N–H and O–H groups in total. The molecule has 1 aromatic carbocycles. The predicted octanol–water partition coefficient (Wildman–Crippen LogP) is 2.74. The molecule has 0 aliphatic rings. The van der Waals surface area contributed by atoms with E-state index in [0.717, 1.165) is 10.6 Å². The summed E-state index contributed by atoms with van der Waals surface area (Å²) in [6.45, 7) is 4.15. The van der Waals surface area contributed by atoms with Gasteiger partial charge < -0.3 is 11.1 Å². The Bertz CT molecular complexity index is 382. The first-order valence-corrected chi connectivity index (χ1v) is 6.25. The van der Waals surface area contributed by atoms with Crippen LogP contribution in [0.4, 0.5) is 5.69 Å². The van der Waals surface area contributed by atoms with Crippen LogP contribution in [0, 0.1) is 0 Å². The van der Waals surface area contributed by atoms with Gasteiger partial charge in [0.05, 0.1) is 12.2 Å². The molecule has 0 aliphatic heterocycles. The summed E-state index contributed by atoms with van der Waals surface area (Å²) in [6.07, 6.45) is 0. The van der Waals surface area contributed by atoms with Crippen LogP contribution in [0.3, 0.4) is 0 Å². The normalized spacial score (nSPS) is 10.6. The van der Waals surface area contributed by atoms with Crippen LogP contribution in [0.1, 0.15) is 13.8 Å². The summed E-state index contributed by atoms with van der Waals surface area (Å²) < 4.78 is 0. The number of carbonyl (C=O) groups is 1. The molecule has 0 unspecified atom stereocenters. The number of anilines is 1. The van der Waals surface area contributed by atoms with Gasteiger partial charge in [-0.1, -0.05) is 25.4 Å². The quantitative estimate of drug-likeness (QED) is 0.817. The zero-order valence-electron chi connectivity index (χ0n) is 9.29. The van der Waals surface area contributed by atoms with Gasteiger partial charge in [-0.25, -0.2) is 0 Å². The summed E-state index contributed by atoms with van der Waals surface area (Å²) in [5.74, 6) is -0.215. The molecule has 0 spiro atoms. The Morgan fingerprint density at radius 3 is 2.81 bits per heavy atom. The summed E-state index contributed by atoms with van der Waals surface area (Å²) in [6, 6.07) is 5.45. The fourth-order valence-electron chi connectivity index (χ4n) is 1.16. The molecular formula is C11H15ClN2OS. The number of hydrogen-bond acceptors (Lipinski definition) is 3. The lowest BCUT2D eigenvalue weighted by molar-refractivity contribution is -0.114. The molecule has 0 radical (unpaired) electrons. The molecule has 0 bridgehead atoms. The summed E-state index contributed by atoms with van der Waals surface area (Å²) in [7, 11) is 0. The SMILES string of the molecule is CC(C)Sc1ccc(Cl)cc1NC(=O)CN. The summed E-state index contributed by atoms with van der Waals surface area (Å²) in [4.78, 5) is 12.2. The predicted molar refractivity (Wildman–Crippen MR) is 70.1 cm³/mol. The van der Waals surface area contributed by atoms with Gasteiger partial charge in [0.1, 0.15) is 0 Å². The minimum atomic E-state index is -0.215. The lowest BCUT2D eigenvalue weighted by atomic mass is 10.3. The van der Waals surface area contributed by atoms with Crippen molar-refractivity contribution in [1.29, 1.82) is 0 Å². The first kappa shape index (κ1) is 13.4. The van der Waals surface area contributed by atoms with Crippen molar-refractivity contribution in [3.63, 3.8) is 0 Å². The van der Waals surface area contributed by atoms with Crippen LogP contribution in [0.15, 0.2) is 23.1 Å². The molecular weight excluding hydrogens is 244 g/mol. The number of benzene rings is 1. The molecule has 16 heavy (non-hydrogen) atoms. The molecule has 0 aliphatic carbocycles. The minimum Gasteiger partial charge on any atom is -0.324 e. The maximum Gasteiger partial charge on any atom is 0.238 e. The lowest BCUT2D eigenvalue weighted by Gasteiger charge is -2.12. The third-order valence-electron chi connectivity index (χ3n) is 1.76. The van der Waals surface area contributed by atoms with Gasteiger partial charge in [0.15, 0.2) is 0 Å². The highest BCUT2D eigenvalue weighted by atomic mass is 35.5. The van der Waals surface area contributed by atoms with E-state index >= 15 is 0 Å². The topological polar surface area (TPSA) is 55.1 Å². The van der Waals surface area contributed by atoms with E-state index < -0.39 is 0 Å². The van der Waals surface area contributed by atoms with Crippen molar-refractivity contribution >= 4 is 35.0 Å². The average molecular weight is 259 g/mol. The molecule has 0 aromatic heterocycles. The molecule has 1 aromatic rings. The Morgan fingerprint density at radius 2 is 2.25 bits per heavy atom. The van der Waals surface area contributed by atoms with Crippen LogP contribution in [0.5, 0.6) is 0 Å². The van der Waals surface area contributed by atoms with Gasteiger partial charge in [-0.2, -0.15) is 0 Å². The molecule has 1 rings (SSSR count). The fraction of sp³-hybridized carbons (Fsp3) is 0.364. The van der Waals surface area contributed by atoms with Gasteiger partial charge >= 0.3 is 0 Å². The highest BCUT2D eigenvalue weighted by Gasteiger charge is 2.08. The number of thioether (sulfide) groups is 1. The standard InChI is InChI=1S/C11H15ClN2OS/c1-7(2)16-10-4-3-8(12)5-9(10)14-11(15)6-13/h3-5,7H,6,13H2,1-2H3,(H,14,15). The van der Waals surface area contributed by atoms with Crippen molar-refractivity contribution in [3.05, 3.63) is 23.2 Å². The lowest BCUT2D eigenvalue weighted by Crippen LogP contribution is -2.22. The van der Waals surface area contributed by atoms with Crippen molar-refractivity contribution in [2.45, 2.75) is 24.0 Å². The van der Waals surface area contributed by atoms with E-state index in [4.69, 9.17) is 17.3 Å². The van der Waals surface area contributed by atoms with E-state index in [-0.39, 0.29) is 12.5 Å². The molecule has 0 saturated carbocycles. The minimum absolute atomic E-state index is 0.0295. The van der Waals surface area contributed by atoms with Crippen molar-refractivity contribution in [1.82, 2.24) is 0 Å². The van der Waals surface area contributed by atoms with E-state index in [1.54, 1.807) is 17.8 Å². The van der Waals surface area contributed by atoms with E-state index in [1.807, 2.05) is 12.1 Å². The molecule has 1 amide bonds. The van der Waals surface area contributed by atoms with Gasteiger partial charge in [-0.15, -0.1) is 11.8 Å². The van der Waals surface area contributed by atoms with Crippen LogP contribution < -0.4 is 11.1 Å². The second-order valence-electron chi connectivity index (χ2n) is 3.56. The first-order valence-electron chi connectivity index (χ1n) is 4.99. The van der Waals surface area contributed by atoms with Crippen molar-refractivity contribution in [2.24, 2.45) is 5.73 Å². The Morgan fingerprint density at radius 1 is 1.56 bits per heavy atom. The number of amides is 1. The van der Waals surface area contributed by atoms with Crippen LogP contribution >= 0.6 is 23.4 Å². The number of rotatable bonds is 4. The molecule has 0 atom stereocenters. The molecule has 0 saturated heterocycles. The highest BCUT2D eigenvalue weighted by molar-refractivity contribution is 8.00. The number of halogens is 1. The van der Waals surface area contributed by atoms with Gasteiger partial charge in [-0.3, -0.25) is 4.79 Å². The monoisotopic (exact) mass is 258 g/mol. The van der Waals surface area contributed by atoms with E-state index in [2.05, 4.69) is 19.2 Å². The van der Waals surface area contributed by atoms with Crippen LogP contribution in [0.25, 0.3) is 0 Å². The van der Waals surface area contributed by atoms with Crippen LogP contribution in [0.2, 0.25) is 5.02 Å². The Hall–Kier alpha value is -0.710. The van der Waals surface area contributed by atoms with Crippen molar-refractivity contribution in [2.75, 3.05) is 11.9 Å². The van der Waals surface area contributed by atoms with E-state index in [1.165, 1.54) is 0 Å². The maximum absolute atomic E-state index is 11.2. The Balaban J connectivity index is 2.93. The average Bonchev–Trinajstić information content (AvgIpc) is 2.21. The number of hydrogen-bond donors (Lipinski definition) is 2. The number of nitrogens with one attached hydrogen (secondary N) is 1. The number of nitrogens with two attached hydrogens (primary N) is 1. The fourth-order valence-corrected chi connectivity index (χ4v) is 2.22. The van der Waals surface area contributed by atoms with Gasteiger partial charge in [-0.05, 0) is 18.2 Å². The summed E-state index contributed by atoms with van der Waals surface area (Å²) in [5.41, 5.74) is 5.98. The summed E-state index contributed by atoms with van der Waals surface area (Å²) >= 11 is 7.56. The first-order chi connectivity index (χ1) is 7.52. The second-order valence-corrected chi connectivity index (χ2v) is 5.61. The number of carbonyl (C=O) groups excluding carboxylic acids is 1. The van der Waals surface area contributed by atoms with Crippen LogP contribution in [-0.4, -0.2) is 17.7 Å². The molecule has 0 fully saturated rings. The third kappa shape index (κ3) is 4.04. The van der Waals surface area contributed by atoms with E-state index in [9.17, 15) is 4.79 Å². The zero-order chi connectivity index (χ0) is 12.1. The van der Waals surface area contributed by atoms with Crippen LogP contribution in [-0.2, 0) is 4.79 Å². The van der Waals surface area contributed by atoms with Gasteiger partial charge in [0, 0.05) is 15.2 Å². The smallest absolute Gasteiger partial charge is 0.238 e.